The van der Waals surface area contributed by atoms with Gasteiger partial charge in [-0.25, -0.2) is 27.3 Å². The highest BCUT2D eigenvalue weighted by Gasteiger charge is 2.20. The first kappa shape index (κ1) is 19.4. The van der Waals surface area contributed by atoms with Gasteiger partial charge < -0.3 is 5.32 Å². The number of hydrogen-bond donors (Lipinski definition) is 2. The summed E-state index contributed by atoms with van der Waals surface area (Å²) in [4.78, 5) is 16.8. The van der Waals surface area contributed by atoms with Crippen molar-refractivity contribution in [1.29, 1.82) is 0 Å². The second kappa shape index (κ2) is 7.51. The van der Waals surface area contributed by atoms with Gasteiger partial charge in [-0.15, -0.1) is 0 Å². The molecule has 30 heavy (non-hydrogen) atoms. The Bertz CT molecular complexity index is 1290. The molecule has 0 aliphatic carbocycles. The van der Waals surface area contributed by atoms with Crippen LogP contribution in [0.4, 0.5) is 33.9 Å². The zero-order chi connectivity index (χ0) is 21.4. The molecule has 0 unspecified atom stereocenters. The van der Waals surface area contributed by atoms with Crippen LogP contribution < -0.4 is 10.6 Å². The highest BCUT2D eigenvalue weighted by Crippen LogP contribution is 2.31. The third kappa shape index (κ3) is 3.69. The molecule has 2 aromatic heterocycles. The summed E-state index contributed by atoms with van der Waals surface area (Å²) in [6.07, 6.45) is 1.62. The zero-order valence-corrected chi connectivity index (χ0v) is 15.5. The van der Waals surface area contributed by atoms with Crippen LogP contribution in [0.2, 0.25) is 0 Å². The molecule has 152 valence electrons. The first-order chi connectivity index (χ1) is 14.3. The lowest BCUT2D eigenvalue weighted by molar-refractivity contribution is 0.262. The van der Waals surface area contributed by atoms with Crippen LogP contribution in [0.3, 0.4) is 0 Å². The van der Waals surface area contributed by atoms with Gasteiger partial charge in [0.15, 0.2) is 11.6 Å². The summed E-state index contributed by atoms with van der Waals surface area (Å²) < 4.78 is 56.1. The van der Waals surface area contributed by atoms with Crippen molar-refractivity contribution in [3.63, 3.8) is 0 Å². The standard InChI is InChI=1S/C21H14F4N4O/c1-11-6-7-29-18(8-11)27-19(14-9-12(22)2-4-15(14)23)20(29)28-21(30)26-13-3-5-16(24)17(25)10-13/h2-10H,1H3,(H2,26,28,30). The van der Waals surface area contributed by atoms with Crippen LogP contribution in [0, 0.1) is 30.2 Å². The van der Waals surface area contributed by atoms with E-state index in [1.807, 2.05) is 6.92 Å². The lowest BCUT2D eigenvalue weighted by Crippen LogP contribution is -2.21. The number of benzene rings is 2. The molecule has 0 saturated heterocycles. The number of nitrogens with one attached hydrogen (secondary N) is 2. The number of rotatable bonds is 3. The van der Waals surface area contributed by atoms with Gasteiger partial charge in [0, 0.05) is 23.5 Å². The number of carbonyl (C=O) groups is 1. The van der Waals surface area contributed by atoms with Crippen LogP contribution in [0.15, 0.2) is 54.7 Å². The van der Waals surface area contributed by atoms with Gasteiger partial charge >= 0.3 is 6.03 Å². The minimum atomic E-state index is -1.12. The quantitative estimate of drug-likeness (QED) is 0.435. The second-order valence-corrected chi connectivity index (χ2v) is 6.57. The predicted molar refractivity (Wildman–Crippen MR) is 104 cm³/mol. The van der Waals surface area contributed by atoms with Crippen LogP contribution in [0.1, 0.15) is 5.56 Å². The molecule has 0 radical (unpaired) electrons. The van der Waals surface area contributed by atoms with Crippen LogP contribution in [0.25, 0.3) is 16.9 Å². The number of imidazole rings is 1. The van der Waals surface area contributed by atoms with Gasteiger partial charge in [-0.05, 0) is 55.0 Å². The molecule has 4 aromatic rings. The number of pyridine rings is 1. The molecule has 0 fully saturated rings. The monoisotopic (exact) mass is 414 g/mol. The molecule has 2 heterocycles. The number of aryl methyl sites for hydroxylation is 1. The van der Waals surface area contributed by atoms with Gasteiger partial charge in [0.1, 0.15) is 28.8 Å². The van der Waals surface area contributed by atoms with E-state index in [4.69, 9.17) is 0 Å². The number of aromatic nitrogens is 2. The van der Waals surface area contributed by atoms with Crippen LogP contribution in [-0.2, 0) is 0 Å². The van der Waals surface area contributed by atoms with E-state index in [1.165, 1.54) is 10.5 Å². The van der Waals surface area contributed by atoms with Gasteiger partial charge in [0.25, 0.3) is 0 Å². The number of urea groups is 1. The Balaban J connectivity index is 1.75. The van der Waals surface area contributed by atoms with Crippen LogP contribution >= 0.6 is 0 Å². The van der Waals surface area contributed by atoms with E-state index < -0.39 is 29.3 Å². The van der Waals surface area contributed by atoms with E-state index in [0.29, 0.717) is 5.65 Å². The molecule has 9 heteroatoms. The molecule has 2 amide bonds. The Morgan fingerprint density at radius 1 is 0.900 bits per heavy atom. The predicted octanol–water partition coefficient (Wildman–Crippen LogP) is 5.51. The fourth-order valence-electron chi connectivity index (χ4n) is 2.98. The molecule has 0 atom stereocenters. The van der Waals surface area contributed by atoms with Crippen molar-refractivity contribution in [2.45, 2.75) is 6.92 Å². The van der Waals surface area contributed by atoms with E-state index in [-0.39, 0.29) is 22.8 Å². The molecule has 2 aromatic carbocycles. The Morgan fingerprint density at radius 2 is 1.67 bits per heavy atom. The second-order valence-electron chi connectivity index (χ2n) is 6.57. The number of anilines is 2. The largest absolute Gasteiger partial charge is 0.324 e. The van der Waals surface area contributed by atoms with Gasteiger partial charge in [0.2, 0.25) is 0 Å². The zero-order valence-electron chi connectivity index (χ0n) is 15.5. The Kier molecular flexibility index (Phi) is 4.86. The molecule has 4 rings (SSSR count). The van der Waals surface area contributed by atoms with E-state index in [0.717, 1.165) is 35.9 Å². The summed E-state index contributed by atoms with van der Waals surface area (Å²) in [6, 6.07) is 8.44. The van der Waals surface area contributed by atoms with Crippen molar-refractivity contribution >= 4 is 23.2 Å². The van der Waals surface area contributed by atoms with Crippen molar-refractivity contribution in [3.05, 3.63) is 83.6 Å². The van der Waals surface area contributed by atoms with Crippen molar-refractivity contribution in [1.82, 2.24) is 9.38 Å². The smallest absolute Gasteiger partial charge is 0.308 e. The Labute approximate surface area is 168 Å². The molecule has 2 N–H and O–H groups in total. The highest BCUT2D eigenvalue weighted by molar-refractivity contribution is 6.01. The van der Waals surface area contributed by atoms with Crippen LogP contribution in [-0.4, -0.2) is 15.4 Å². The normalized spacial score (nSPS) is 11.0. The number of hydrogen-bond acceptors (Lipinski definition) is 2. The third-order valence-electron chi connectivity index (χ3n) is 4.37. The van der Waals surface area contributed by atoms with E-state index in [1.54, 1.807) is 18.3 Å². The minimum absolute atomic E-state index is 0.00884. The van der Waals surface area contributed by atoms with Crippen molar-refractivity contribution in [2.75, 3.05) is 10.6 Å². The van der Waals surface area contributed by atoms with E-state index in [2.05, 4.69) is 15.6 Å². The third-order valence-corrected chi connectivity index (χ3v) is 4.37. The lowest BCUT2D eigenvalue weighted by atomic mass is 10.1. The SMILES string of the molecule is Cc1ccn2c(NC(=O)Nc3ccc(F)c(F)c3)c(-c3cc(F)ccc3F)nc2c1. The molecule has 0 aliphatic rings. The Morgan fingerprint density at radius 3 is 2.43 bits per heavy atom. The first-order valence-corrected chi connectivity index (χ1v) is 8.79. The maximum atomic E-state index is 14.4. The van der Waals surface area contributed by atoms with E-state index >= 15 is 0 Å². The van der Waals surface area contributed by atoms with Gasteiger partial charge in [-0.2, -0.15) is 0 Å². The average molecular weight is 414 g/mol. The molecule has 0 aliphatic heterocycles. The number of carbonyl (C=O) groups excluding carboxylic acids is 1. The lowest BCUT2D eigenvalue weighted by Gasteiger charge is -2.10. The summed E-state index contributed by atoms with van der Waals surface area (Å²) in [5.74, 6) is -3.49. The molecule has 5 nitrogen and oxygen atoms in total. The fourth-order valence-corrected chi connectivity index (χ4v) is 2.98. The molecule has 0 saturated carbocycles. The summed E-state index contributed by atoms with van der Waals surface area (Å²) in [7, 11) is 0. The van der Waals surface area contributed by atoms with E-state index in [9.17, 15) is 22.4 Å². The minimum Gasteiger partial charge on any atom is -0.308 e. The average Bonchev–Trinajstić information content (AvgIpc) is 3.03. The topological polar surface area (TPSA) is 58.4 Å². The number of fused-ring (bicyclic) bond motifs is 1. The van der Waals surface area contributed by atoms with Gasteiger partial charge in [0.05, 0.1) is 0 Å². The Hall–Kier alpha value is -3.88. The number of nitrogens with zero attached hydrogens (tertiary/aromatic N) is 2. The van der Waals surface area contributed by atoms with Crippen molar-refractivity contribution in [2.24, 2.45) is 0 Å². The summed E-state index contributed by atoms with van der Waals surface area (Å²) in [6.45, 7) is 1.83. The van der Waals surface area contributed by atoms with Gasteiger partial charge in [-0.3, -0.25) is 9.72 Å². The first-order valence-electron chi connectivity index (χ1n) is 8.79. The molecular formula is C21H14F4N4O. The molecule has 0 spiro atoms. The molecule has 0 bridgehead atoms. The summed E-state index contributed by atoms with van der Waals surface area (Å²) >= 11 is 0. The molecular weight excluding hydrogens is 400 g/mol. The maximum Gasteiger partial charge on any atom is 0.324 e. The summed E-state index contributed by atoms with van der Waals surface area (Å²) in [5.41, 5.74) is 1.15. The van der Waals surface area contributed by atoms with Crippen LogP contribution in [0.5, 0.6) is 0 Å². The maximum absolute atomic E-state index is 14.4. The fraction of sp³-hybridized carbons (Fsp3) is 0.0476. The van der Waals surface area contributed by atoms with Crippen molar-refractivity contribution < 1.29 is 22.4 Å². The highest BCUT2D eigenvalue weighted by atomic mass is 19.2. The number of amides is 2. The van der Waals surface area contributed by atoms with Gasteiger partial charge in [-0.1, -0.05) is 0 Å². The van der Waals surface area contributed by atoms with Crippen molar-refractivity contribution in [3.8, 4) is 11.3 Å². The number of halogens is 4. The summed E-state index contributed by atoms with van der Waals surface area (Å²) in [5, 5.41) is 4.89.